The van der Waals surface area contributed by atoms with Crippen LogP contribution in [0.4, 0.5) is 5.69 Å². The highest BCUT2D eigenvalue weighted by Gasteiger charge is 2.27. The average molecular weight is 417 g/mol. The number of rotatable bonds is 6. The van der Waals surface area contributed by atoms with Gasteiger partial charge in [0, 0.05) is 62.9 Å². The number of pyridine rings is 1. The molecular formula is C21H28N4O3S. The van der Waals surface area contributed by atoms with Gasteiger partial charge in [-0.3, -0.25) is 9.78 Å². The van der Waals surface area contributed by atoms with E-state index in [0.717, 1.165) is 24.3 Å². The van der Waals surface area contributed by atoms with Crippen LogP contribution >= 0.6 is 0 Å². The number of carbonyl (C=O) groups excluding carboxylic acids is 1. The van der Waals surface area contributed by atoms with Gasteiger partial charge >= 0.3 is 0 Å². The Morgan fingerprint density at radius 2 is 1.66 bits per heavy atom. The van der Waals surface area contributed by atoms with Crippen molar-refractivity contribution < 1.29 is 13.2 Å². The molecule has 2 heterocycles. The number of hydrogen-bond donors (Lipinski definition) is 0. The maximum atomic E-state index is 13.1. The van der Waals surface area contributed by atoms with Crippen molar-refractivity contribution in [3.05, 3.63) is 53.9 Å². The Hall–Kier alpha value is -2.45. The fraction of sp³-hybridized carbons (Fsp3) is 0.429. The van der Waals surface area contributed by atoms with E-state index in [1.54, 1.807) is 29.4 Å². The van der Waals surface area contributed by atoms with Crippen LogP contribution in [0.25, 0.3) is 0 Å². The second-order valence-electron chi connectivity index (χ2n) is 7.05. The van der Waals surface area contributed by atoms with Crippen LogP contribution in [0.2, 0.25) is 0 Å². The standard InChI is InChI=1S/C21H28N4O3S/c1-4-25(5-2)29(27,28)19-7-6-17(3)20(16-19)21(26)24-14-12-23(13-15-24)18-8-10-22-11-9-18/h6-11,16H,4-5,12-15H2,1-3H3. The lowest BCUT2D eigenvalue weighted by Crippen LogP contribution is -2.49. The molecule has 0 unspecified atom stereocenters. The van der Waals surface area contributed by atoms with Gasteiger partial charge in [-0.2, -0.15) is 4.31 Å². The third kappa shape index (κ3) is 4.43. The van der Waals surface area contributed by atoms with Crippen LogP contribution in [0.5, 0.6) is 0 Å². The Kier molecular flexibility index (Phi) is 6.54. The van der Waals surface area contributed by atoms with E-state index in [2.05, 4.69) is 9.88 Å². The molecule has 3 rings (SSSR count). The lowest BCUT2D eigenvalue weighted by Gasteiger charge is -2.36. The van der Waals surface area contributed by atoms with Crippen LogP contribution in [-0.4, -0.2) is 67.8 Å². The number of nitrogens with zero attached hydrogens (tertiary/aromatic N) is 4. The van der Waals surface area contributed by atoms with E-state index in [1.807, 2.05) is 32.9 Å². The molecule has 0 saturated carbocycles. The third-order valence-corrected chi connectivity index (χ3v) is 7.42. The molecule has 0 aliphatic carbocycles. The summed E-state index contributed by atoms with van der Waals surface area (Å²) in [6, 6.07) is 8.75. The smallest absolute Gasteiger partial charge is 0.254 e. The zero-order valence-corrected chi connectivity index (χ0v) is 18.0. The molecule has 1 amide bonds. The summed E-state index contributed by atoms with van der Waals surface area (Å²) in [7, 11) is -3.60. The first-order valence-corrected chi connectivity index (χ1v) is 11.4. The molecule has 0 bridgehead atoms. The monoisotopic (exact) mass is 416 g/mol. The molecule has 0 radical (unpaired) electrons. The third-order valence-electron chi connectivity index (χ3n) is 5.38. The predicted molar refractivity (Wildman–Crippen MR) is 114 cm³/mol. The molecule has 1 saturated heterocycles. The van der Waals surface area contributed by atoms with Crippen LogP contribution in [0, 0.1) is 6.92 Å². The number of benzene rings is 1. The molecule has 1 fully saturated rings. The van der Waals surface area contributed by atoms with Gasteiger partial charge in [0.2, 0.25) is 10.0 Å². The Labute approximate surface area is 173 Å². The van der Waals surface area contributed by atoms with Crippen LogP contribution < -0.4 is 4.90 Å². The van der Waals surface area contributed by atoms with Crippen LogP contribution in [-0.2, 0) is 10.0 Å². The number of aryl methyl sites for hydroxylation is 1. The molecule has 1 aliphatic heterocycles. The van der Waals surface area contributed by atoms with Crippen molar-refractivity contribution >= 4 is 21.6 Å². The summed E-state index contributed by atoms with van der Waals surface area (Å²) in [5, 5.41) is 0. The Morgan fingerprint density at radius 3 is 2.24 bits per heavy atom. The zero-order chi connectivity index (χ0) is 21.0. The number of carbonyl (C=O) groups is 1. The van der Waals surface area contributed by atoms with E-state index in [1.165, 1.54) is 10.4 Å². The molecule has 156 valence electrons. The lowest BCUT2D eigenvalue weighted by atomic mass is 10.1. The molecule has 0 spiro atoms. The van der Waals surface area contributed by atoms with Crippen molar-refractivity contribution in [2.45, 2.75) is 25.7 Å². The maximum absolute atomic E-state index is 13.1. The number of anilines is 1. The first-order valence-electron chi connectivity index (χ1n) is 9.93. The van der Waals surface area contributed by atoms with Gasteiger partial charge in [0.25, 0.3) is 5.91 Å². The Balaban J connectivity index is 1.78. The Bertz CT molecular complexity index is 951. The number of amides is 1. The molecule has 29 heavy (non-hydrogen) atoms. The fourth-order valence-electron chi connectivity index (χ4n) is 3.60. The second-order valence-corrected chi connectivity index (χ2v) is 8.99. The van der Waals surface area contributed by atoms with E-state index in [4.69, 9.17) is 0 Å². The zero-order valence-electron chi connectivity index (χ0n) is 17.2. The van der Waals surface area contributed by atoms with Gasteiger partial charge in [-0.15, -0.1) is 0 Å². The quantitative estimate of drug-likeness (QED) is 0.723. The summed E-state index contributed by atoms with van der Waals surface area (Å²) >= 11 is 0. The summed E-state index contributed by atoms with van der Waals surface area (Å²) < 4.78 is 27.1. The van der Waals surface area contributed by atoms with Gasteiger partial charge in [-0.25, -0.2) is 8.42 Å². The van der Waals surface area contributed by atoms with E-state index >= 15 is 0 Å². The summed E-state index contributed by atoms with van der Waals surface area (Å²) in [6.07, 6.45) is 3.52. The summed E-state index contributed by atoms with van der Waals surface area (Å²) in [5.41, 5.74) is 2.33. The maximum Gasteiger partial charge on any atom is 0.254 e. The van der Waals surface area contributed by atoms with E-state index in [0.29, 0.717) is 31.7 Å². The van der Waals surface area contributed by atoms with Gasteiger partial charge in [-0.05, 0) is 36.8 Å². The molecule has 1 aromatic carbocycles. The molecule has 8 heteroatoms. The van der Waals surface area contributed by atoms with Crippen LogP contribution in [0.1, 0.15) is 29.8 Å². The van der Waals surface area contributed by atoms with E-state index in [-0.39, 0.29) is 10.8 Å². The number of aromatic nitrogens is 1. The molecule has 1 aromatic heterocycles. The van der Waals surface area contributed by atoms with E-state index in [9.17, 15) is 13.2 Å². The minimum atomic E-state index is -3.60. The minimum Gasteiger partial charge on any atom is -0.368 e. The molecule has 0 N–H and O–H groups in total. The van der Waals surface area contributed by atoms with Crippen molar-refractivity contribution in [2.75, 3.05) is 44.2 Å². The van der Waals surface area contributed by atoms with Crippen molar-refractivity contribution in [1.82, 2.24) is 14.2 Å². The molecule has 1 aliphatic rings. The van der Waals surface area contributed by atoms with Gasteiger partial charge in [-0.1, -0.05) is 19.9 Å². The molecule has 2 aromatic rings. The minimum absolute atomic E-state index is 0.117. The SMILES string of the molecule is CCN(CC)S(=O)(=O)c1ccc(C)c(C(=O)N2CCN(c3ccncc3)CC2)c1. The molecule has 7 nitrogen and oxygen atoms in total. The van der Waals surface area contributed by atoms with Crippen molar-refractivity contribution in [2.24, 2.45) is 0 Å². The number of piperazine rings is 1. The summed E-state index contributed by atoms with van der Waals surface area (Å²) in [6.45, 7) is 8.89. The summed E-state index contributed by atoms with van der Waals surface area (Å²) in [5.74, 6) is -0.117. The normalized spacial score (nSPS) is 15.0. The van der Waals surface area contributed by atoms with Crippen LogP contribution in [0.15, 0.2) is 47.6 Å². The van der Waals surface area contributed by atoms with Crippen molar-refractivity contribution in [3.8, 4) is 0 Å². The highest BCUT2D eigenvalue weighted by Crippen LogP contribution is 2.22. The fourth-order valence-corrected chi connectivity index (χ4v) is 5.08. The molecular weight excluding hydrogens is 388 g/mol. The second kappa shape index (κ2) is 8.92. The summed E-state index contributed by atoms with van der Waals surface area (Å²) in [4.78, 5) is 21.4. The number of sulfonamides is 1. The van der Waals surface area contributed by atoms with Gasteiger partial charge in [0.15, 0.2) is 0 Å². The lowest BCUT2D eigenvalue weighted by molar-refractivity contribution is 0.0746. The molecule has 0 atom stereocenters. The topological polar surface area (TPSA) is 73.8 Å². The van der Waals surface area contributed by atoms with Gasteiger partial charge < -0.3 is 9.80 Å². The Morgan fingerprint density at radius 1 is 1.03 bits per heavy atom. The van der Waals surface area contributed by atoms with Crippen molar-refractivity contribution in [3.63, 3.8) is 0 Å². The predicted octanol–water partition coefficient (Wildman–Crippen LogP) is 2.38. The highest BCUT2D eigenvalue weighted by molar-refractivity contribution is 7.89. The largest absolute Gasteiger partial charge is 0.368 e. The average Bonchev–Trinajstić information content (AvgIpc) is 2.75. The van der Waals surface area contributed by atoms with Crippen LogP contribution in [0.3, 0.4) is 0 Å². The highest BCUT2D eigenvalue weighted by atomic mass is 32.2. The van der Waals surface area contributed by atoms with Crippen molar-refractivity contribution in [1.29, 1.82) is 0 Å². The number of hydrogen-bond acceptors (Lipinski definition) is 5. The first-order chi connectivity index (χ1) is 13.9. The van der Waals surface area contributed by atoms with Gasteiger partial charge in [0.1, 0.15) is 0 Å². The first kappa shape index (κ1) is 21.3. The van der Waals surface area contributed by atoms with Gasteiger partial charge in [0.05, 0.1) is 4.90 Å². The van der Waals surface area contributed by atoms with E-state index < -0.39 is 10.0 Å².